The Bertz CT molecular complexity index is 1430. The number of rotatable bonds is 18. The molecule has 0 spiro atoms. The van der Waals surface area contributed by atoms with Crippen LogP contribution in [0.2, 0.25) is 0 Å². The molecule has 0 bridgehead atoms. The van der Waals surface area contributed by atoms with Crippen molar-refractivity contribution in [3.63, 3.8) is 0 Å². The number of aliphatic hydroxyl groups excluding tert-OH is 1. The lowest BCUT2D eigenvalue weighted by molar-refractivity contribution is -0.134. The molecule has 1 saturated carbocycles. The van der Waals surface area contributed by atoms with Gasteiger partial charge >= 0.3 is 6.09 Å². The van der Waals surface area contributed by atoms with Crippen LogP contribution in [0.3, 0.4) is 0 Å². The van der Waals surface area contributed by atoms with Crippen LogP contribution in [0.15, 0.2) is 55.5 Å². The maximum absolute atomic E-state index is 14.2. The summed E-state index contributed by atoms with van der Waals surface area (Å²) >= 11 is 0. The molecule has 3 rings (SSSR count). The van der Waals surface area contributed by atoms with E-state index in [0.29, 0.717) is 24.5 Å². The number of aliphatic hydroxyl groups is 1. The van der Waals surface area contributed by atoms with Gasteiger partial charge in [-0.15, -0.1) is 6.58 Å². The van der Waals surface area contributed by atoms with Crippen LogP contribution in [0.4, 0.5) is 4.79 Å². The second-order valence-electron chi connectivity index (χ2n) is 16.1. The standard InChI is InChI=1S/C40H62N6O6/c1-9-29(26(2)3)22-34(47)31(20-27-16-12-10-13-17-27)43-36(49)33(23-30-24-41-25-42-30)44-35(48)32(21-28-18-14-11-15-19-28)45-37(50)40(7,8)46-38(51)52-39(4,5)6/h9,11,14-15,18-19,24-27,29,31-34,47H,1,10,12-13,16-17,20-23H2,2-8H3,(H,41,42)(H,43,49)(H,44,48)(H,45,50)(H,46,51)/t29-,31-,32-,33-,34-/m0/s1. The van der Waals surface area contributed by atoms with Crippen molar-refractivity contribution < 1.29 is 29.0 Å². The predicted molar refractivity (Wildman–Crippen MR) is 202 cm³/mol. The Balaban J connectivity index is 1.87. The van der Waals surface area contributed by atoms with Gasteiger partial charge in [-0.3, -0.25) is 14.4 Å². The van der Waals surface area contributed by atoms with Crippen molar-refractivity contribution in [2.24, 2.45) is 17.8 Å². The third-order valence-corrected chi connectivity index (χ3v) is 9.67. The summed E-state index contributed by atoms with van der Waals surface area (Å²) in [5, 5.41) is 23.0. The van der Waals surface area contributed by atoms with Crippen molar-refractivity contribution in [1.82, 2.24) is 31.2 Å². The summed E-state index contributed by atoms with van der Waals surface area (Å²) in [6, 6.07) is 6.52. The lowest BCUT2D eigenvalue weighted by Gasteiger charge is -2.33. The van der Waals surface area contributed by atoms with E-state index >= 15 is 0 Å². The molecule has 2 aromatic rings. The summed E-state index contributed by atoms with van der Waals surface area (Å²) in [5.41, 5.74) is -0.800. The van der Waals surface area contributed by atoms with E-state index in [1.807, 2.05) is 36.4 Å². The largest absolute Gasteiger partial charge is 0.444 e. The van der Waals surface area contributed by atoms with Gasteiger partial charge in [0.2, 0.25) is 17.7 Å². The first-order valence-corrected chi connectivity index (χ1v) is 18.7. The first kappa shape index (κ1) is 42.2. The zero-order valence-electron chi connectivity index (χ0n) is 32.2. The molecule has 0 aliphatic heterocycles. The highest BCUT2D eigenvalue weighted by atomic mass is 16.6. The van der Waals surface area contributed by atoms with Gasteiger partial charge in [0.1, 0.15) is 23.2 Å². The predicted octanol–water partition coefficient (Wildman–Crippen LogP) is 5.13. The number of H-pyrrole nitrogens is 1. The van der Waals surface area contributed by atoms with Crippen molar-refractivity contribution in [2.75, 3.05) is 0 Å². The van der Waals surface area contributed by atoms with Crippen LogP contribution >= 0.6 is 0 Å². The topological polar surface area (TPSA) is 175 Å². The van der Waals surface area contributed by atoms with Gasteiger partial charge < -0.3 is 36.1 Å². The van der Waals surface area contributed by atoms with Gasteiger partial charge in [0.25, 0.3) is 0 Å². The van der Waals surface area contributed by atoms with Crippen LogP contribution in [0, 0.1) is 17.8 Å². The summed E-state index contributed by atoms with van der Waals surface area (Å²) in [5.74, 6) is -0.926. The number of carbonyl (C=O) groups excluding carboxylic acids is 4. The number of alkyl carbamates (subject to hydrolysis) is 1. The van der Waals surface area contributed by atoms with E-state index in [4.69, 9.17) is 4.74 Å². The molecule has 1 heterocycles. The highest BCUT2D eigenvalue weighted by Crippen LogP contribution is 2.30. The van der Waals surface area contributed by atoms with Crippen LogP contribution in [-0.2, 0) is 32.0 Å². The number of aromatic amines is 1. The van der Waals surface area contributed by atoms with E-state index < -0.39 is 59.2 Å². The zero-order chi connectivity index (χ0) is 38.5. The molecule has 1 aliphatic carbocycles. The molecule has 12 heteroatoms. The monoisotopic (exact) mass is 722 g/mol. The lowest BCUT2D eigenvalue weighted by atomic mass is 9.81. The fourth-order valence-electron chi connectivity index (χ4n) is 6.57. The number of imidazole rings is 1. The average Bonchev–Trinajstić information content (AvgIpc) is 3.59. The minimum atomic E-state index is -1.44. The van der Waals surface area contributed by atoms with Crippen LogP contribution in [0.5, 0.6) is 0 Å². The van der Waals surface area contributed by atoms with Crippen LogP contribution in [0.1, 0.15) is 105 Å². The summed E-state index contributed by atoms with van der Waals surface area (Å²) in [4.78, 5) is 61.7. The summed E-state index contributed by atoms with van der Waals surface area (Å²) in [6.45, 7) is 16.3. The summed E-state index contributed by atoms with van der Waals surface area (Å²) in [7, 11) is 0. The SMILES string of the molecule is C=C[C@@H](C[C@H](O)[C@H](CC1CCCCC1)NC(=O)[C@H](Cc1cnc[nH]1)NC(=O)[C@H](Cc1ccccc1)NC(=O)C(C)(C)NC(=O)OC(C)(C)C)C(C)C. The number of nitrogens with one attached hydrogen (secondary N) is 5. The van der Waals surface area contributed by atoms with Crippen LogP contribution in [0.25, 0.3) is 0 Å². The van der Waals surface area contributed by atoms with Gasteiger partial charge in [0, 0.05) is 24.7 Å². The first-order chi connectivity index (χ1) is 24.5. The number of hydrogen-bond acceptors (Lipinski definition) is 7. The average molecular weight is 723 g/mol. The number of allylic oxidation sites excluding steroid dienone is 1. The maximum atomic E-state index is 14.2. The quantitative estimate of drug-likeness (QED) is 0.116. The number of benzene rings is 1. The Labute approximate surface area is 309 Å². The number of carbonyl (C=O) groups is 4. The number of aromatic nitrogens is 2. The molecule has 288 valence electrons. The van der Waals surface area contributed by atoms with Crippen LogP contribution < -0.4 is 21.3 Å². The Morgan fingerprint density at radius 3 is 2.17 bits per heavy atom. The molecule has 5 atom stereocenters. The molecule has 12 nitrogen and oxygen atoms in total. The molecule has 1 aliphatic rings. The maximum Gasteiger partial charge on any atom is 0.408 e. The van der Waals surface area contributed by atoms with Gasteiger partial charge in [-0.1, -0.05) is 82.4 Å². The second kappa shape index (κ2) is 19.6. The molecule has 1 aromatic carbocycles. The number of amides is 4. The molecule has 0 unspecified atom stereocenters. The first-order valence-electron chi connectivity index (χ1n) is 18.7. The Morgan fingerprint density at radius 2 is 1.60 bits per heavy atom. The number of ether oxygens (including phenoxy) is 1. The van der Waals surface area contributed by atoms with Crippen LogP contribution in [-0.4, -0.2) is 74.3 Å². The second-order valence-corrected chi connectivity index (χ2v) is 16.1. The van der Waals surface area contributed by atoms with Gasteiger partial charge in [0.15, 0.2) is 0 Å². The Hall–Kier alpha value is -4.19. The van der Waals surface area contributed by atoms with E-state index in [-0.39, 0.29) is 24.7 Å². The van der Waals surface area contributed by atoms with Gasteiger partial charge in [-0.2, -0.15) is 0 Å². The molecular weight excluding hydrogens is 660 g/mol. The molecule has 6 N–H and O–H groups in total. The van der Waals surface area contributed by atoms with E-state index in [2.05, 4.69) is 51.7 Å². The Kier molecular flexibility index (Phi) is 15.9. The van der Waals surface area contributed by atoms with Gasteiger partial charge in [-0.25, -0.2) is 9.78 Å². The van der Waals surface area contributed by atoms with Crippen molar-refractivity contribution in [2.45, 2.75) is 142 Å². The molecule has 1 fully saturated rings. The third kappa shape index (κ3) is 14.1. The summed E-state index contributed by atoms with van der Waals surface area (Å²) < 4.78 is 5.35. The highest BCUT2D eigenvalue weighted by molar-refractivity contribution is 5.95. The normalized spacial score (nSPS) is 16.9. The minimum Gasteiger partial charge on any atom is -0.444 e. The lowest BCUT2D eigenvalue weighted by Crippen LogP contribution is -2.61. The Morgan fingerprint density at radius 1 is 0.962 bits per heavy atom. The van der Waals surface area contributed by atoms with Crippen molar-refractivity contribution in [3.8, 4) is 0 Å². The van der Waals surface area contributed by atoms with E-state index in [1.54, 1.807) is 27.0 Å². The van der Waals surface area contributed by atoms with Crippen molar-refractivity contribution >= 4 is 23.8 Å². The van der Waals surface area contributed by atoms with Crippen molar-refractivity contribution in [1.29, 1.82) is 0 Å². The minimum absolute atomic E-state index is 0.0673. The van der Waals surface area contributed by atoms with Crippen molar-refractivity contribution in [3.05, 3.63) is 66.8 Å². The molecule has 0 radical (unpaired) electrons. The van der Waals surface area contributed by atoms with Gasteiger partial charge in [0.05, 0.1) is 18.5 Å². The molecule has 4 amide bonds. The summed E-state index contributed by atoms with van der Waals surface area (Å²) in [6.07, 6.45) is 10.2. The fraction of sp³-hybridized carbons (Fsp3) is 0.625. The van der Waals surface area contributed by atoms with E-state index in [9.17, 15) is 24.3 Å². The van der Waals surface area contributed by atoms with E-state index in [0.717, 1.165) is 31.2 Å². The van der Waals surface area contributed by atoms with Gasteiger partial charge in [-0.05, 0) is 70.8 Å². The van der Waals surface area contributed by atoms with E-state index in [1.165, 1.54) is 26.6 Å². The molecule has 1 aromatic heterocycles. The fourth-order valence-corrected chi connectivity index (χ4v) is 6.57. The molecule has 0 saturated heterocycles. The molecular formula is C40H62N6O6. The smallest absolute Gasteiger partial charge is 0.408 e. The number of nitrogens with zero attached hydrogens (tertiary/aromatic N) is 1. The molecule has 52 heavy (non-hydrogen) atoms. The highest BCUT2D eigenvalue weighted by Gasteiger charge is 2.36. The third-order valence-electron chi connectivity index (χ3n) is 9.67. The zero-order valence-corrected chi connectivity index (χ0v) is 32.2. The number of hydrogen-bond donors (Lipinski definition) is 6.